The number of carbonyl (C=O) groups is 1. The number of sulfone groups is 1. The van der Waals surface area contributed by atoms with Gasteiger partial charge in [-0.1, -0.05) is 38.5 Å². The average molecular weight is 300 g/mol. The smallest absolute Gasteiger partial charge is 0.450 e. The molecule has 0 radical (unpaired) electrons. The molecule has 0 aliphatic heterocycles. The number of rotatable bonds is 2. The first-order valence-corrected chi connectivity index (χ1v) is 7.78. The van der Waals surface area contributed by atoms with Crippen molar-refractivity contribution in [2.75, 3.05) is 0 Å². The highest BCUT2D eigenvalue weighted by Crippen LogP contribution is 2.57. The molecule has 1 aliphatic carbocycles. The van der Waals surface area contributed by atoms with Gasteiger partial charge in [-0.15, -0.1) is 0 Å². The predicted molar refractivity (Wildman–Crippen MR) is 75.8 cm³/mol. The van der Waals surface area contributed by atoms with E-state index in [9.17, 15) is 8.42 Å². The van der Waals surface area contributed by atoms with Crippen LogP contribution in [0.3, 0.4) is 0 Å². The molecule has 1 aliphatic rings. The molecule has 0 heterocycles. The fourth-order valence-corrected chi connectivity index (χ4v) is 5.02. The Morgan fingerprint density at radius 2 is 1.50 bits per heavy atom. The maximum atomic E-state index is 12.3. The van der Waals surface area contributed by atoms with Crippen LogP contribution in [0.25, 0.3) is 0 Å². The third kappa shape index (κ3) is 3.30. The van der Waals surface area contributed by atoms with Crippen molar-refractivity contribution < 1.29 is 23.4 Å². The topological polar surface area (TPSA) is 91.7 Å². The van der Waals surface area contributed by atoms with Gasteiger partial charge in [0.05, 0.1) is 10.1 Å². The van der Waals surface area contributed by atoms with Crippen LogP contribution >= 0.6 is 0 Å². The van der Waals surface area contributed by atoms with Gasteiger partial charge in [0.2, 0.25) is 0 Å². The first kappa shape index (κ1) is 16.5. The predicted octanol–water partition coefficient (Wildman–Crippen LogP) is 3.04. The van der Waals surface area contributed by atoms with Crippen molar-refractivity contribution >= 4 is 16.0 Å². The van der Waals surface area contributed by atoms with E-state index in [1.54, 1.807) is 12.1 Å². The van der Waals surface area contributed by atoms with E-state index in [1.807, 2.05) is 39.8 Å². The zero-order valence-electron chi connectivity index (χ0n) is 12.0. The molecule has 0 aromatic heterocycles. The average Bonchev–Trinajstić information content (AvgIpc) is 2.78. The molecule has 0 bridgehead atoms. The Morgan fingerprint density at radius 3 is 1.80 bits per heavy atom. The minimum absolute atomic E-state index is 0.0796. The second-order valence-electron chi connectivity index (χ2n) is 5.67. The van der Waals surface area contributed by atoms with Crippen LogP contribution in [0.4, 0.5) is 4.79 Å². The molecule has 6 heteroatoms. The monoisotopic (exact) mass is 300 g/mol. The van der Waals surface area contributed by atoms with Crippen LogP contribution in [-0.2, 0) is 9.84 Å². The van der Waals surface area contributed by atoms with Gasteiger partial charge in [0.15, 0.2) is 9.84 Å². The van der Waals surface area contributed by atoms with Gasteiger partial charge in [-0.3, -0.25) is 0 Å². The Kier molecular flexibility index (Phi) is 4.49. The molecule has 20 heavy (non-hydrogen) atoms. The second-order valence-corrected chi connectivity index (χ2v) is 7.74. The summed E-state index contributed by atoms with van der Waals surface area (Å²) in [7, 11) is -3.14. The van der Waals surface area contributed by atoms with Crippen molar-refractivity contribution in [2.24, 2.45) is 11.3 Å². The summed E-state index contributed by atoms with van der Waals surface area (Å²) in [6, 6.07) is 7.14. The highest BCUT2D eigenvalue weighted by molar-refractivity contribution is 7.92. The van der Waals surface area contributed by atoms with Crippen molar-refractivity contribution in [2.45, 2.75) is 37.8 Å². The van der Waals surface area contributed by atoms with Gasteiger partial charge in [-0.05, 0) is 30.4 Å². The fourth-order valence-electron chi connectivity index (χ4n) is 2.38. The van der Waals surface area contributed by atoms with Crippen LogP contribution in [0.1, 0.15) is 26.3 Å². The Hall–Kier alpha value is -1.56. The summed E-state index contributed by atoms with van der Waals surface area (Å²) in [6.07, 6.45) is -1.83. The van der Waals surface area contributed by atoms with Crippen molar-refractivity contribution in [1.82, 2.24) is 0 Å². The lowest BCUT2D eigenvalue weighted by Gasteiger charge is -2.06. The molecule has 1 aromatic rings. The van der Waals surface area contributed by atoms with Gasteiger partial charge in [0, 0.05) is 0 Å². The number of hydrogen-bond acceptors (Lipinski definition) is 3. The van der Waals surface area contributed by atoms with Crippen LogP contribution in [0.2, 0.25) is 0 Å². The highest BCUT2D eigenvalue weighted by Gasteiger charge is 2.62. The van der Waals surface area contributed by atoms with Crippen LogP contribution in [-0.4, -0.2) is 30.0 Å². The SMILES string of the molecule is Cc1ccc(S(=O)(=O)C2C(C)C2(C)C)cc1.O=C(O)O. The van der Waals surface area contributed by atoms with E-state index in [2.05, 4.69) is 0 Å². The molecule has 2 atom stereocenters. The summed E-state index contributed by atoms with van der Waals surface area (Å²) in [5.74, 6) is 0.249. The molecule has 1 aromatic carbocycles. The maximum Gasteiger partial charge on any atom is 0.503 e. The molecule has 0 spiro atoms. The number of aryl methyl sites for hydroxylation is 1. The van der Waals surface area contributed by atoms with E-state index >= 15 is 0 Å². The second kappa shape index (κ2) is 5.44. The molecular formula is C14H20O5S. The van der Waals surface area contributed by atoms with E-state index in [-0.39, 0.29) is 16.6 Å². The van der Waals surface area contributed by atoms with Crippen LogP contribution in [0.5, 0.6) is 0 Å². The minimum Gasteiger partial charge on any atom is -0.450 e. The number of benzene rings is 1. The van der Waals surface area contributed by atoms with Gasteiger partial charge in [-0.2, -0.15) is 0 Å². The summed E-state index contributed by atoms with van der Waals surface area (Å²) in [5.41, 5.74) is 1.01. The molecule has 1 saturated carbocycles. The molecule has 0 amide bonds. The van der Waals surface area contributed by atoms with Gasteiger partial charge >= 0.3 is 6.16 Å². The normalized spacial score (nSPS) is 23.4. The lowest BCUT2D eigenvalue weighted by Crippen LogP contribution is -2.12. The zero-order chi connectivity index (χ0) is 15.7. The zero-order valence-corrected chi connectivity index (χ0v) is 12.8. The lowest BCUT2D eigenvalue weighted by molar-refractivity contribution is 0.137. The molecule has 0 saturated heterocycles. The van der Waals surface area contributed by atoms with E-state index in [0.29, 0.717) is 4.90 Å². The quantitative estimate of drug-likeness (QED) is 0.876. The van der Waals surface area contributed by atoms with E-state index in [1.165, 1.54) is 0 Å². The molecule has 112 valence electrons. The van der Waals surface area contributed by atoms with Crippen molar-refractivity contribution in [3.05, 3.63) is 29.8 Å². The van der Waals surface area contributed by atoms with Crippen LogP contribution < -0.4 is 0 Å². The third-order valence-electron chi connectivity index (χ3n) is 3.94. The van der Waals surface area contributed by atoms with Crippen molar-refractivity contribution in [1.29, 1.82) is 0 Å². The molecule has 2 unspecified atom stereocenters. The standard InChI is InChI=1S/C13H18O2S.CH2O3/c1-9-5-7-11(8-6-9)16(14,15)12-10(2)13(12,3)4;2-1(3)4/h5-8,10,12H,1-4H3;(H2,2,3,4). The van der Waals surface area contributed by atoms with E-state index in [0.717, 1.165) is 5.56 Å². The van der Waals surface area contributed by atoms with Gasteiger partial charge in [0.25, 0.3) is 0 Å². The number of hydrogen-bond donors (Lipinski definition) is 2. The summed E-state index contributed by atoms with van der Waals surface area (Å²) < 4.78 is 24.7. The highest BCUT2D eigenvalue weighted by atomic mass is 32.2. The summed E-state index contributed by atoms with van der Waals surface area (Å²) in [5, 5.41) is 13.7. The minimum atomic E-state index is -3.14. The Labute approximate surface area is 119 Å². The first-order valence-electron chi connectivity index (χ1n) is 6.23. The molecular weight excluding hydrogens is 280 g/mol. The summed E-state index contributed by atoms with van der Waals surface area (Å²) in [6.45, 7) is 8.01. The number of carboxylic acid groups (broad SMARTS) is 2. The fraction of sp³-hybridized carbons (Fsp3) is 0.500. The largest absolute Gasteiger partial charge is 0.503 e. The van der Waals surface area contributed by atoms with Crippen molar-refractivity contribution in [3.63, 3.8) is 0 Å². The van der Waals surface area contributed by atoms with Crippen LogP contribution in [0, 0.1) is 18.3 Å². The molecule has 1 fully saturated rings. The Balaban J connectivity index is 0.000000444. The van der Waals surface area contributed by atoms with Crippen molar-refractivity contribution in [3.8, 4) is 0 Å². The first-order chi connectivity index (χ1) is 9.01. The summed E-state index contributed by atoms with van der Waals surface area (Å²) >= 11 is 0. The van der Waals surface area contributed by atoms with E-state index < -0.39 is 16.0 Å². The van der Waals surface area contributed by atoms with Gasteiger partial charge in [0.1, 0.15) is 0 Å². The molecule has 2 N–H and O–H groups in total. The Morgan fingerprint density at radius 1 is 1.15 bits per heavy atom. The maximum absolute atomic E-state index is 12.3. The summed E-state index contributed by atoms with van der Waals surface area (Å²) in [4.78, 5) is 9.01. The van der Waals surface area contributed by atoms with Crippen LogP contribution in [0.15, 0.2) is 29.2 Å². The van der Waals surface area contributed by atoms with Gasteiger partial charge in [-0.25, -0.2) is 13.2 Å². The molecule has 5 nitrogen and oxygen atoms in total. The Bertz CT molecular complexity index is 582. The third-order valence-corrected chi connectivity index (χ3v) is 6.55. The molecule has 2 rings (SSSR count). The van der Waals surface area contributed by atoms with E-state index in [4.69, 9.17) is 15.0 Å². The van der Waals surface area contributed by atoms with Gasteiger partial charge < -0.3 is 10.2 Å². The lowest BCUT2D eigenvalue weighted by atomic mass is 10.1.